The summed E-state index contributed by atoms with van der Waals surface area (Å²) in [4.78, 5) is 15.4. The van der Waals surface area contributed by atoms with Crippen LogP contribution in [0.1, 0.15) is 42.7 Å². The molecule has 1 aliphatic rings. The summed E-state index contributed by atoms with van der Waals surface area (Å²) in [6.07, 6.45) is 5.49. The molecule has 1 aromatic carbocycles. The number of halogens is 1. The quantitative estimate of drug-likeness (QED) is 0.494. The van der Waals surface area contributed by atoms with Crippen LogP contribution in [0.3, 0.4) is 0 Å². The largest absolute Gasteiger partial charge is 0.426 e. The van der Waals surface area contributed by atoms with Crippen molar-refractivity contribution in [2.75, 3.05) is 13.1 Å². The van der Waals surface area contributed by atoms with Crippen molar-refractivity contribution in [2.24, 2.45) is 0 Å². The number of nitrogens with zero attached hydrogens (tertiary/aromatic N) is 1. The topological polar surface area (TPSA) is 29.5 Å². The van der Waals surface area contributed by atoms with E-state index in [0.29, 0.717) is 6.04 Å². The maximum Gasteiger partial charge on any atom is 0.308 e. The Hall–Kier alpha value is -1.36. The normalized spacial score (nSPS) is 16.0. The first-order valence-electron chi connectivity index (χ1n) is 9.23. The Morgan fingerprint density at radius 1 is 1.27 bits per heavy atom. The lowest BCUT2D eigenvalue weighted by molar-refractivity contribution is -0.131. The third-order valence-corrected chi connectivity index (χ3v) is 5.86. The molecule has 1 unspecified atom stereocenters. The van der Waals surface area contributed by atoms with E-state index >= 15 is 0 Å². The van der Waals surface area contributed by atoms with Crippen LogP contribution in [0.5, 0.6) is 5.75 Å². The van der Waals surface area contributed by atoms with Gasteiger partial charge in [-0.25, -0.2) is 0 Å². The second kappa shape index (κ2) is 10.1. The second-order valence-corrected chi connectivity index (χ2v) is 7.78. The summed E-state index contributed by atoms with van der Waals surface area (Å²) >= 11 is 1.85. The fraction of sp³-hybridized carbons (Fsp3) is 0.476. The molecular formula is C21H28ClNO2S. The number of rotatable bonds is 7. The highest BCUT2D eigenvalue weighted by Gasteiger charge is 2.26. The highest BCUT2D eigenvalue weighted by molar-refractivity contribution is 7.09. The van der Waals surface area contributed by atoms with E-state index < -0.39 is 0 Å². The maximum atomic E-state index is 11.3. The zero-order chi connectivity index (χ0) is 17.6. The van der Waals surface area contributed by atoms with Gasteiger partial charge in [0.05, 0.1) is 0 Å². The van der Waals surface area contributed by atoms with Crippen molar-refractivity contribution < 1.29 is 9.53 Å². The van der Waals surface area contributed by atoms with Crippen LogP contribution in [0.15, 0.2) is 35.7 Å². The molecule has 0 amide bonds. The van der Waals surface area contributed by atoms with Crippen molar-refractivity contribution in [1.82, 2.24) is 4.90 Å². The van der Waals surface area contributed by atoms with Gasteiger partial charge in [-0.05, 0) is 67.3 Å². The smallest absolute Gasteiger partial charge is 0.308 e. The molecule has 0 N–H and O–H groups in total. The number of ether oxygens (including phenoxy) is 1. The Kier molecular flexibility index (Phi) is 8.14. The zero-order valence-electron chi connectivity index (χ0n) is 15.6. The average Bonchev–Trinajstić information content (AvgIpc) is 3.11. The van der Waals surface area contributed by atoms with Crippen LogP contribution in [0.25, 0.3) is 0 Å². The molecule has 0 saturated heterocycles. The Balaban J connectivity index is 0.00000243. The lowest BCUT2D eigenvalue weighted by atomic mass is 9.86. The summed E-state index contributed by atoms with van der Waals surface area (Å²) in [5, 5.41) is 2.16. The van der Waals surface area contributed by atoms with E-state index in [4.69, 9.17) is 4.74 Å². The zero-order valence-corrected chi connectivity index (χ0v) is 17.2. The number of fused-ring (bicyclic) bond motifs is 1. The summed E-state index contributed by atoms with van der Waals surface area (Å²) in [6.45, 7) is 6.00. The Bertz CT molecular complexity index is 702. The fourth-order valence-electron chi connectivity index (χ4n) is 3.79. The van der Waals surface area contributed by atoms with Crippen molar-refractivity contribution in [3.63, 3.8) is 0 Å². The van der Waals surface area contributed by atoms with E-state index in [1.54, 1.807) is 0 Å². The van der Waals surface area contributed by atoms with Gasteiger partial charge in [-0.3, -0.25) is 9.69 Å². The molecule has 142 valence electrons. The summed E-state index contributed by atoms with van der Waals surface area (Å²) in [7, 11) is 0. The highest BCUT2D eigenvalue weighted by atomic mass is 35.5. The van der Waals surface area contributed by atoms with Gasteiger partial charge in [-0.15, -0.1) is 23.7 Å². The van der Waals surface area contributed by atoms with Gasteiger partial charge in [-0.1, -0.05) is 25.1 Å². The molecule has 0 bridgehead atoms. The minimum atomic E-state index is -0.237. The molecule has 1 aromatic heterocycles. The van der Waals surface area contributed by atoms with Crippen molar-refractivity contribution >= 4 is 29.7 Å². The van der Waals surface area contributed by atoms with Crippen LogP contribution in [0, 0.1) is 0 Å². The van der Waals surface area contributed by atoms with Crippen molar-refractivity contribution in [3.8, 4) is 5.75 Å². The van der Waals surface area contributed by atoms with Crippen molar-refractivity contribution in [1.29, 1.82) is 0 Å². The predicted molar refractivity (Wildman–Crippen MR) is 111 cm³/mol. The van der Waals surface area contributed by atoms with Crippen LogP contribution in [-0.2, 0) is 24.1 Å². The summed E-state index contributed by atoms with van der Waals surface area (Å²) < 4.78 is 5.40. The van der Waals surface area contributed by atoms with Gasteiger partial charge in [0, 0.05) is 24.4 Å². The molecule has 3 rings (SSSR count). The predicted octanol–water partition coefficient (Wildman–Crippen LogP) is 4.91. The van der Waals surface area contributed by atoms with Gasteiger partial charge >= 0.3 is 5.97 Å². The molecule has 1 heterocycles. The van der Waals surface area contributed by atoms with Crippen LogP contribution < -0.4 is 4.74 Å². The number of hydrogen-bond donors (Lipinski definition) is 0. The van der Waals surface area contributed by atoms with Gasteiger partial charge in [0.15, 0.2) is 0 Å². The number of hydrogen-bond acceptors (Lipinski definition) is 4. The van der Waals surface area contributed by atoms with Gasteiger partial charge < -0.3 is 4.74 Å². The molecule has 1 atom stereocenters. The number of carbonyl (C=O) groups is 1. The molecule has 0 spiro atoms. The standard InChI is InChI=1S/C21H27NO2S.ClH/c1-3-12-22(13-11-19-7-5-14-25-19)18-9-10-20-17(15-18)6-4-8-21(20)24-16(2)23;/h4-8,14,18H,3,9-13,15H2,1-2H3;1H. The average molecular weight is 394 g/mol. The number of esters is 1. The van der Waals surface area contributed by atoms with E-state index in [0.717, 1.165) is 44.5 Å². The Morgan fingerprint density at radius 3 is 2.81 bits per heavy atom. The Labute approximate surface area is 166 Å². The first kappa shape index (κ1) is 20.9. The summed E-state index contributed by atoms with van der Waals surface area (Å²) in [6, 6.07) is 11.1. The summed E-state index contributed by atoms with van der Waals surface area (Å²) in [5.41, 5.74) is 2.57. The third-order valence-electron chi connectivity index (χ3n) is 4.92. The van der Waals surface area contributed by atoms with Gasteiger partial charge in [-0.2, -0.15) is 0 Å². The lowest BCUT2D eigenvalue weighted by Crippen LogP contribution is -2.41. The second-order valence-electron chi connectivity index (χ2n) is 6.75. The minimum absolute atomic E-state index is 0. The molecular weight excluding hydrogens is 366 g/mol. The number of benzene rings is 1. The van der Waals surface area contributed by atoms with Crippen molar-refractivity contribution in [3.05, 3.63) is 51.7 Å². The minimum Gasteiger partial charge on any atom is -0.426 e. The molecule has 5 heteroatoms. The van der Waals surface area contributed by atoms with E-state index in [2.05, 4.69) is 35.4 Å². The van der Waals surface area contributed by atoms with Gasteiger partial charge in [0.1, 0.15) is 5.75 Å². The van der Waals surface area contributed by atoms with E-state index in [-0.39, 0.29) is 18.4 Å². The van der Waals surface area contributed by atoms with Crippen LogP contribution in [0.4, 0.5) is 0 Å². The van der Waals surface area contributed by atoms with Crippen molar-refractivity contribution in [2.45, 2.75) is 52.0 Å². The molecule has 1 aliphatic carbocycles. The highest BCUT2D eigenvalue weighted by Crippen LogP contribution is 2.32. The van der Waals surface area contributed by atoms with E-state index in [9.17, 15) is 4.79 Å². The number of carbonyl (C=O) groups excluding carboxylic acids is 1. The first-order valence-corrected chi connectivity index (χ1v) is 10.1. The van der Waals surface area contributed by atoms with E-state index in [1.165, 1.54) is 29.3 Å². The fourth-order valence-corrected chi connectivity index (χ4v) is 4.49. The Morgan fingerprint density at radius 2 is 2.12 bits per heavy atom. The molecule has 26 heavy (non-hydrogen) atoms. The van der Waals surface area contributed by atoms with Crippen LogP contribution >= 0.6 is 23.7 Å². The monoisotopic (exact) mass is 393 g/mol. The SMILES string of the molecule is CCCN(CCc1cccs1)C1CCc2c(cccc2OC(C)=O)C1.Cl. The van der Waals surface area contributed by atoms with Gasteiger partial charge in [0.25, 0.3) is 0 Å². The molecule has 0 radical (unpaired) electrons. The van der Waals surface area contributed by atoms with E-state index in [1.807, 2.05) is 23.5 Å². The summed E-state index contributed by atoms with van der Waals surface area (Å²) in [5.74, 6) is 0.517. The number of thiophene rings is 1. The van der Waals surface area contributed by atoms with Crippen LogP contribution in [-0.4, -0.2) is 30.0 Å². The van der Waals surface area contributed by atoms with Gasteiger partial charge in [0.2, 0.25) is 0 Å². The third kappa shape index (κ3) is 5.32. The molecule has 0 aliphatic heterocycles. The molecule has 3 nitrogen and oxygen atoms in total. The molecule has 0 saturated carbocycles. The first-order chi connectivity index (χ1) is 12.2. The van der Waals surface area contributed by atoms with Crippen LogP contribution in [0.2, 0.25) is 0 Å². The lowest BCUT2D eigenvalue weighted by Gasteiger charge is -2.35. The molecule has 2 aromatic rings. The molecule has 0 fully saturated rings. The maximum absolute atomic E-state index is 11.3.